The molecule has 0 bridgehead atoms. The predicted molar refractivity (Wildman–Crippen MR) is 113 cm³/mol. The van der Waals surface area contributed by atoms with Crippen LogP contribution in [0.2, 0.25) is 0 Å². The van der Waals surface area contributed by atoms with Gasteiger partial charge in [0.05, 0.1) is 0 Å². The molecule has 0 heterocycles. The molecule has 26 heavy (non-hydrogen) atoms. The number of hydrogen-bond donors (Lipinski definition) is 0. The number of aryl methyl sites for hydroxylation is 1. The first-order chi connectivity index (χ1) is 12.4. The Kier molecular flexibility index (Phi) is 5.05. The molecule has 3 aromatic rings. The lowest BCUT2D eigenvalue weighted by Gasteiger charge is -2.34. The molecular weight excluding hydrogens is 312 g/mol. The minimum atomic E-state index is -0.0211. The summed E-state index contributed by atoms with van der Waals surface area (Å²) in [5.41, 5.74) is 6.91. The Morgan fingerprint density at radius 3 is 1.73 bits per heavy atom. The molecule has 134 valence electrons. The van der Waals surface area contributed by atoms with Crippen molar-refractivity contribution in [1.29, 1.82) is 0 Å². The zero-order valence-corrected chi connectivity index (χ0v) is 16.7. The molecule has 0 aliphatic heterocycles. The molecule has 1 atom stereocenters. The van der Waals surface area contributed by atoms with Crippen molar-refractivity contribution >= 4 is 0 Å². The summed E-state index contributed by atoms with van der Waals surface area (Å²) in [6.45, 7) is 11.6. The van der Waals surface area contributed by atoms with Crippen LogP contribution in [0.5, 0.6) is 0 Å². The first-order valence-corrected chi connectivity index (χ1v) is 9.62. The van der Waals surface area contributed by atoms with Crippen molar-refractivity contribution in [3.63, 3.8) is 0 Å². The van der Waals surface area contributed by atoms with Gasteiger partial charge in [-0.05, 0) is 41.2 Å². The topological polar surface area (TPSA) is 0 Å². The highest BCUT2D eigenvalue weighted by molar-refractivity contribution is 5.48. The Hall–Kier alpha value is -2.34. The maximum Gasteiger partial charge on any atom is 0.0172 e. The third-order valence-corrected chi connectivity index (χ3v) is 6.16. The summed E-state index contributed by atoms with van der Waals surface area (Å²) in [5.74, 6) is 0. The largest absolute Gasteiger partial charge is 0.0642 e. The normalized spacial score (nSPS) is 14.0. The zero-order chi connectivity index (χ0) is 18.8. The molecule has 0 saturated heterocycles. The van der Waals surface area contributed by atoms with E-state index in [4.69, 9.17) is 0 Å². The molecule has 0 nitrogen and oxygen atoms in total. The van der Waals surface area contributed by atoms with E-state index in [0.29, 0.717) is 0 Å². The molecule has 0 saturated carbocycles. The number of rotatable bonds is 5. The van der Waals surface area contributed by atoms with Crippen LogP contribution in [0.15, 0.2) is 78.9 Å². The number of benzene rings is 3. The summed E-state index contributed by atoms with van der Waals surface area (Å²) in [5, 5.41) is 0. The van der Waals surface area contributed by atoms with Crippen molar-refractivity contribution in [2.24, 2.45) is 0 Å². The van der Waals surface area contributed by atoms with Crippen LogP contribution in [0.25, 0.3) is 0 Å². The fourth-order valence-corrected chi connectivity index (χ4v) is 4.03. The van der Waals surface area contributed by atoms with Crippen molar-refractivity contribution in [3.8, 4) is 0 Å². The second-order valence-electron chi connectivity index (χ2n) is 8.07. The third kappa shape index (κ3) is 3.21. The average Bonchev–Trinajstić information content (AvgIpc) is 2.69. The fourth-order valence-electron chi connectivity index (χ4n) is 4.03. The van der Waals surface area contributed by atoms with Crippen LogP contribution in [0.1, 0.15) is 61.9 Å². The van der Waals surface area contributed by atoms with Gasteiger partial charge in [0.2, 0.25) is 0 Å². The molecule has 1 unspecified atom stereocenters. The smallest absolute Gasteiger partial charge is 0.0172 e. The van der Waals surface area contributed by atoms with Gasteiger partial charge in [-0.1, -0.05) is 107 Å². The molecule has 3 rings (SSSR count). The van der Waals surface area contributed by atoms with Gasteiger partial charge in [-0.2, -0.15) is 0 Å². The van der Waals surface area contributed by atoms with Gasteiger partial charge in [-0.15, -0.1) is 0 Å². The average molecular weight is 343 g/mol. The van der Waals surface area contributed by atoms with Crippen molar-refractivity contribution in [1.82, 2.24) is 0 Å². The van der Waals surface area contributed by atoms with Crippen LogP contribution in [0, 0.1) is 6.92 Å². The lowest BCUT2D eigenvalue weighted by atomic mass is 9.70. The lowest BCUT2D eigenvalue weighted by molar-refractivity contribution is 0.545. The van der Waals surface area contributed by atoms with E-state index in [1.165, 1.54) is 27.8 Å². The molecular formula is C26H30. The summed E-state index contributed by atoms with van der Waals surface area (Å²) < 4.78 is 0. The molecule has 0 spiro atoms. The molecule has 0 aliphatic carbocycles. The van der Waals surface area contributed by atoms with E-state index in [1.807, 2.05) is 0 Å². The lowest BCUT2D eigenvalue weighted by Crippen LogP contribution is -2.25. The van der Waals surface area contributed by atoms with E-state index in [1.54, 1.807) is 0 Å². The molecule has 0 fully saturated rings. The van der Waals surface area contributed by atoms with Gasteiger partial charge in [0.25, 0.3) is 0 Å². The van der Waals surface area contributed by atoms with Gasteiger partial charge in [0.15, 0.2) is 0 Å². The van der Waals surface area contributed by atoms with Crippen molar-refractivity contribution in [2.75, 3.05) is 0 Å². The van der Waals surface area contributed by atoms with Gasteiger partial charge in [0, 0.05) is 10.8 Å². The Bertz CT molecular complexity index is 859. The maximum absolute atomic E-state index is 2.44. The van der Waals surface area contributed by atoms with E-state index < -0.39 is 0 Å². The Morgan fingerprint density at radius 1 is 0.654 bits per heavy atom. The molecule has 0 aromatic heterocycles. The van der Waals surface area contributed by atoms with E-state index >= 15 is 0 Å². The number of hydrogen-bond acceptors (Lipinski definition) is 0. The Labute approximate surface area is 158 Å². The highest BCUT2D eigenvalue weighted by atomic mass is 14.3. The summed E-state index contributed by atoms with van der Waals surface area (Å²) in [6.07, 6.45) is 1.07. The summed E-state index contributed by atoms with van der Waals surface area (Å²) in [6, 6.07) is 28.8. The van der Waals surface area contributed by atoms with E-state index in [0.717, 1.165) is 6.42 Å². The third-order valence-electron chi connectivity index (χ3n) is 6.16. The second-order valence-corrected chi connectivity index (χ2v) is 8.07. The molecule has 0 amide bonds. The highest BCUT2D eigenvalue weighted by Crippen LogP contribution is 2.40. The minimum Gasteiger partial charge on any atom is -0.0642 e. The molecule has 0 N–H and O–H groups in total. The molecule has 0 heteroatoms. The first-order valence-electron chi connectivity index (χ1n) is 9.62. The van der Waals surface area contributed by atoms with Gasteiger partial charge in [-0.3, -0.25) is 0 Å². The van der Waals surface area contributed by atoms with E-state index in [2.05, 4.69) is 113 Å². The van der Waals surface area contributed by atoms with Crippen LogP contribution in [0.3, 0.4) is 0 Å². The predicted octanol–water partition coefficient (Wildman–Crippen LogP) is 7.04. The maximum atomic E-state index is 2.44. The van der Waals surface area contributed by atoms with Crippen molar-refractivity contribution in [2.45, 2.75) is 51.9 Å². The first kappa shape index (κ1) is 18.5. The molecule has 0 radical (unpaired) electrons. The Balaban J connectivity index is 2.14. The van der Waals surface area contributed by atoms with Crippen molar-refractivity contribution < 1.29 is 0 Å². The monoisotopic (exact) mass is 342 g/mol. The molecule has 0 aliphatic rings. The van der Waals surface area contributed by atoms with Gasteiger partial charge >= 0.3 is 0 Å². The van der Waals surface area contributed by atoms with E-state index in [9.17, 15) is 0 Å². The summed E-state index contributed by atoms with van der Waals surface area (Å²) >= 11 is 0. The van der Waals surface area contributed by atoms with Crippen molar-refractivity contribution in [3.05, 3.63) is 107 Å². The zero-order valence-electron chi connectivity index (χ0n) is 16.7. The summed E-state index contributed by atoms with van der Waals surface area (Å²) in [7, 11) is 0. The van der Waals surface area contributed by atoms with Gasteiger partial charge < -0.3 is 0 Å². The van der Waals surface area contributed by atoms with E-state index in [-0.39, 0.29) is 10.8 Å². The molecule has 3 aromatic carbocycles. The highest BCUT2D eigenvalue weighted by Gasteiger charge is 2.30. The van der Waals surface area contributed by atoms with Gasteiger partial charge in [0.1, 0.15) is 0 Å². The minimum absolute atomic E-state index is 0.0211. The summed E-state index contributed by atoms with van der Waals surface area (Å²) in [4.78, 5) is 0. The van der Waals surface area contributed by atoms with Crippen LogP contribution in [0.4, 0.5) is 0 Å². The second kappa shape index (κ2) is 7.11. The van der Waals surface area contributed by atoms with Crippen LogP contribution >= 0.6 is 0 Å². The van der Waals surface area contributed by atoms with Crippen LogP contribution < -0.4 is 0 Å². The van der Waals surface area contributed by atoms with Gasteiger partial charge in [-0.25, -0.2) is 0 Å². The van der Waals surface area contributed by atoms with Crippen LogP contribution in [-0.2, 0) is 10.8 Å². The quantitative estimate of drug-likeness (QED) is 0.466. The standard InChI is InChI=1S/C26H30/c1-6-26(5,22-15-11-8-12-16-22)23-18-17-20(2)24(19-23)25(3,4)21-13-9-7-10-14-21/h7-19H,6H2,1-5H3. The van der Waals surface area contributed by atoms with Crippen LogP contribution in [-0.4, -0.2) is 0 Å². The fraction of sp³-hybridized carbons (Fsp3) is 0.308. The Morgan fingerprint density at radius 2 is 1.19 bits per heavy atom. The SMILES string of the molecule is CCC(C)(c1ccccc1)c1ccc(C)c(C(C)(C)c2ccccc2)c1.